The smallest absolute Gasteiger partial charge is 0.319 e. The SMILES string of the molecule is CCSc1cccc(NC(=O)NC[C@H](O)c2ccsc2)c1. The Morgan fingerprint density at radius 1 is 1.43 bits per heavy atom. The van der Waals surface area contributed by atoms with Crippen LogP contribution >= 0.6 is 23.1 Å². The van der Waals surface area contributed by atoms with Crippen LogP contribution in [-0.4, -0.2) is 23.4 Å². The number of anilines is 1. The van der Waals surface area contributed by atoms with Gasteiger partial charge in [-0.15, -0.1) is 11.8 Å². The molecule has 0 fully saturated rings. The minimum atomic E-state index is -0.677. The summed E-state index contributed by atoms with van der Waals surface area (Å²) in [5, 5.41) is 19.1. The van der Waals surface area contributed by atoms with Gasteiger partial charge in [0, 0.05) is 17.1 Å². The molecule has 1 atom stereocenters. The van der Waals surface area contributed by atoms with E-state index in [2.05, 4.69) is 17.6 Å². The van der Waals surface area contributed by atoms with Crippen LogP contribution in [0.3, 0.4) is 0 Å². The molecule has 0 saturated carbocycles. The quantitative estimate of drug-likeness (QED) is 0.710. The summed E-state index contributed by atoms with van der Waals surface area (Å²) in [7, 11) is 0. The van der Waals surface area contributed by atoms with E-state index in [1.54, 1.807) is 11.8 Å². The Morgan fingerprint density at radius 3 is 3.00 bits per heavy atom. The summed E-state index contributed by atoms with van der Waals surface area (Å²) in [4.78, 5) is 12.9. The molecular weight excluding hydrogens is 304 g/mol. The number of hydrogen-bond acceptors (Lipinski definition) is 4. The predicted octanol–water partition coefficient (Wildman–Crippen LogP) is 3.72. The van der Waals surface area contributed by atoms with Crippen molar-refractivity contribution in [1.82, 2.24) is 5.32 Å². The largest absolute Gasteiger partial charge is 0.387 e. The summed E-state index contributed by atoms with van der Waals surface area (Å²) >= 11 is 3.24. The number of carbonyl (C=O) groups excluding carboxylic acids is 1. The van der Waals surface area contributed by atoms with Crippen molar-refractivity contribution in [2.45, 2.75) is 17.9 Å². The second kappa shape index (κ2) is 8.07. The van der Waals surface area contributed by atoms with Crippen LogP contribution in [-0.2, 0) is 0 Å². The topological polar surface area (TPSA) is 61.4 Å². The van der Waals surface area contributed by atoms with Crippen molar-refractivity contribution in [2.75, 3.05) is 17.6 Å². The molecule has 1 aromatic heterocycles. The van der Waals surface area contributed by atoms with Crippen LogP contribution in [0, 0.1) is 0 Å². The van der Waals surface area contributed by atoms with Gasteiger partial charge in [0.1, 0.15) is 0 Å². The molecule has 0 aliphatic heterocycles. The van der Waals surface area contributed by atoms with Crippen molar-refractivity contribution >= 4 is 34.8 Å². The van der Waals surface area contributed by atoms with E-state index in [1.807, 2.05) is 41.1 Å². The first-order valence-corrected chi connectivity index (χ1v) is 8.59. The van der Waals surface area contributed by atoms with Gasteiger partial charge in [-0.1, -0.05) is 13.0 Å². The third-order valence-corrected chi connectivity index (χ3v) is 4.36. The average Bonchev–Trinajstić information content (AvgIpc) is 3.00. The molecule has 4 nitrogen and oxygen atoms in total. The van der Waals surface area contributed by atoms with Gasteiger partial charge in [0.2, 0.25) is 0 Å². The van der Waals surface area contributed by atoms with Gasteiger partial charge in [-0.25, -0.2) is 4.79 Å². The normalized spacial score (nSPS) is 11.9. The molecule has 3 N–H and O–H groups in total. The maximum absolute atomic E-state index is 11.8. The molecule has 2 rings (SSSR count). The second-order valence-electron chi connectivity index (χ2n) is 4.37. The Bertz CT molecular complexity index is 573. The Balaban J connectivity index is 1.83. The first-order chi connectivity index (χ1) is 10.2. The second-order valence-corrected chi connectivity index (χ2v) is 6.49. The number of carbonyl (C=O) groups is 1. The lowest BCUT2D eigenvalue weighted by atomic mass is 10.2. The number of hydrogen-bond donors (Lipinski definition) is 3. The van der Waals surface area contributed by atoms with Gasteiger partial charge in [-0.2, -0.15) is 11.3 Å². The van der Waals surface area contributed by atoms with Gasteiger partial charge in [0.05, 0.1) is 6.10 Å². The number of benzene rings is 1. The zero-order valence-electron chi connectivity index (χ0n) is 11.7. The van der Waals surface area contributed by atoms with Gasteiger partial charge in [0.15, 0.2) is 0 Å². The van der Waals surface area contributed by atoms with Crippen LogP contribution in [0.15, 0.2) is 46.0 Å². The number of rotatable bonds is 6. The van der Waals surface area contributed by atoms with Crippen LogP contribution in [0.1, 0.15) is 18.6 Å². The van der Waals surface area contributed by atoms with Gasteiger partial charge in [-0.3, -0.25) is 0 Å². The molecule has 1 aromatic carbocycles. The summed E-state index contributed by atoms with van der Waals surface area (Å²) in [5.41, 5.74) is 1.57. The summed E-state index contributed by atoms with van der Waals surface area (Å²) in [6.07, 6.45) is -0.677. The maximum atomic E-state index is 11.8. The number of urea groups is 1. The Hall–Kier alpha value is -1.50. The monoisotopic (exact) mass is 322 g/mol. The van der Waals surface area contributed by atoms with E-state index >= 15 is 0 Å². The first-order valence-electron chi connectivity index (χ1n) is 6.67. The zero-order chi connectivity index (χ0) is 15.1. The number of thiophene rings is 1. The highest BCUT2D eigenvalue weighted by atomic mass is 32.2. The van der Waals surface area contributed by atoms with Gasteiger partial charge >= 0.3 is 6.03 Å². The van der Waals surface area contributed by atoms with E-state index in [4.69, 9.17) is 0 Å². The van der Waals surface area contributed by atoms with E-state index in [1.165, 1.54) is 11.3 Å². The number of amides is 2. The fraction of sp³-hybridized carbons (Fsp3) is 0.267. The van der Waals surface area contributed by atoms with Crippen molar-refractivity contribution in [2.24, 2.45) is 0 Å². The molecule has 0 aliphatic carbocycles. The summed E-state index contributed by atoms with van der Waals surface area (Å²) in [6, 6.07) is 9.23. The summed E-state index contributed by atoms with van der Waals surface area (Å²) in [6.45, 7) is 2.27. The molecule has 0 spiro atoms. The van der Waals surface area contributed by atoms with Crippen LogP contribution in [0.2, 0.25) is 0 Å². The standard InChI is InChI=1S/C15H18N2O2S2/c1-2-21-13-5-3-4-12(8-13)17-15(19)16-9-14(18)11-6-7-20-10-11/h3-8,10,14,18H,2,9H2,1H3,(H2,16,17,19)/t14-/m0/s1. The third kappa shape index (κ3) is 5.08. The highest BCUT2D eigenvalue weighted by molar-refractivity contribution is 7.99. The maximum Gasteiger partial charge on any atom is 0.319 e. The highest BCUT2D eigenvalue weighted by Crippen LogP contribution is 2.21. The van der Waals surface area contributed by atoms with Crippen molar-refractivity contribution in [1.29, 1.82) is 0 Å². The van der Waals surface area contributed by atoms with Crippen LogP contribution in [0.4, 0.5) is 10.5 Å². The molecular formula is C15H18N2O2S2. The molecule has 0 radical (unpaired) electrons. The third-order valence-electron chi connectivity index (χ3n) is 2.79. The Kier molecular flexibility index (Phi) is 6.10. The zero-order valence-corrected chi connectivity index (χ0v) is 13.3. The lowest BCUT2D eigenvalue weighted by molar-refractivity contribution is 0.175. The molecule has 2 amide bonds. The average molecular weight is 322 g/mol. The fourth-order valence-corrected chi connectivity index (χ4v) is 3.20. The first kappa shape index (κ1) is 15.9. The summed E-state index contributed by atoms with van der Waals surface area (Å²) < 4.78 is 0. The highest BCUT2D eigenvalue weighted by Gasteiger charge is 2.09. The van der Waals surface area contributed by atoms with Crippen molar-refractivity contribution in [3.05, 3.63) is 46.7 Å². The van der Waals surface area contributed by atoms with Crippen LogP contribution in [0.25, 0.3) is 0 Å². The molecule has 1 heterocycles. The number of aliphatic hydroxyl groups excluding tert-OH is 1. The predicted molar refractivity (Wildman–Crippen MR) is 89.1 cm³/mol. The minimum absolute atomic E-state index is 0.186. The summed E-state index contributed by atoms with van der Waals surface area (Å²) in [5.74, 6) is 0.989. The number of nitrogens with one attached hydrogen (secondary N) is 2. The number of aliphatic hydroxyl groups is 1. The molecule has 0 saturated heterocycles. The van der Waals surface area contributed by atoms with E-state index < -0.39 is 6.10 Å². The molecule has 0 bridgehead atoms. The van der Waals surface area contributed by atoms with Crippen LogP contribution < -0.4 is 10.6 Å². The van der Waals surface area contributed by atoms with E-state index in [9.17, 15) is 9.90 Å². The lowest BCUT2D eigenvalue weighted by Crippen LogP contribution is -2.32. The molecule has 2 aromatic rings. The molecule has 112 valence electrons. The van der Waals surface area contributed by atoms with E-state index in [0.29, 0.717) is 0 Å². The van der Waals surface area contributed by atoms with Crippen LogP contribution in [0.5, 0.6) is 0 Å². The van der Waals surface area contributed by atoms with Crippen molar-refractivity contribution < 1.29 is 9.90 Å². The van der Waals surface area contributed by atoms with Crippen molar-refractivity contribution in [3.63, 3.8) is 0 Å². The van der Waals surface area contributed by atoms with E-state index in [-0.39, 0.29) is 12.6 Å². The molecule has 6 heteroatoms. The van der Waals surface area contributed by atoms with E-state index in [0.717, 1.165) is 21.9 Å². The molecule has 0 aliphatic rings. The Morgan fingerprint density at radius 2 is 2.29 bits per heavy atom. The molecule has 21 heavy (non-hydrogen) atoms. The van der Waals surface area contributed by atoms with Gasteiger partial charge in [0.25, 0.3) is 0 Å². The lowest BCUT2D eigenvalue weighted by Gasteiger charge is -2.12. The number of thioether (sulfide) groups is 1. The van der Waals surface area contributed by atoms with Crippen molar-refractivity contribution in [3.8, 4) is 0 Å². The minimum Gasteiger partial charge on any atom is -0.387 e. The Labute approximate surface area is 132 Å². The van der Waals surface area contributed by atoms with Gasteiger partial charge in [-0.05, 0) is 46.3 Å². The van der Waals surface area contributed by atoms with Gasteiger partial charge < -0.3 is 15.7 Å². The fourth-order valence-electron chi connectivity index (χ4n) is 1.78. The molecule has 0 unspecified atom stereocenters.